The van der Waals surface area contributed by atoms with Crippen LogP contribution in [0.2, 0.25) is 0 Å². The van der Waals surface area contributed by atoms with Crippen molar-refractivity contribution in [3.05, 3.63) is 53.6 Å². The van der Waals surface area contributed by atoms with E-state index in [2.05, 4.69) is 9.46 Å². The number of nitrogens with one attached hydrogen (secondary N) is 2. The van der Waals surface area contributed by atoms with E-state index in [1.807, 2.05) is 19.9 Å². The fraction of sp³-hybridized carbons (Fsp3) is 0.286. The second kappa shape index (κ2) is 8.98. The minimum Gasteiger partial charge on any atom is -0.483 e. The van der Waals surface area contributed by atoms with Crippen LogP contribution in [0.15, 0.2) is 42.5 Å². The van der Waals surface area contributed by atoms with Crippen LogP contribution in [-0.2, 0) is 21.4 Å². The van der Waals surface area contributed by atoms with E-state index >= 15 is 0 Å². The summed E-state index contributed by atoms with van der Waals surface area (Å²) in [5.41, 5.74) is 0.184. The molecule has 1 aliphatic heterocycles. The number of esters is 1. The van der Waals surface area contributed by atoms with Crippen molar-refractivity contribution < 1.29 is 37.0 Å². The Labute approximate surface area is 190 Å². The van der Waals surface area contributed by atoms with Crippen LogP contribution in [0.25, 0.3) is 0 Å². The minimum absolute atomic E-state index is 0.0635. The largest absolute Gasteiger partial charge is 0.483 e. The maximum atomic E-state index is 12.5. The number of amides is 3. The van der Waals surface area contributed by atoms with Gasteiger partial charge in [-0.2, -0.15) is 8.42 Å². The molecule has 11 nitrogen and oxygen atoms in total. The molecule has 0 unspecified atom stereocenters. The number of carbonyl (C=O) groups excluding carboxylic acids is 3. The first-order valence-corrected chi connectivity index (χ1v) is 11.2. The molecule has 0 aromatic heterocycles. The molecule has 0 radical (unpaired) electrons. The van der Waals surface area contributed by atoms with E-state index in [9.17, 15) is 22.8 Å². The summed E-state index contributed by atoms with van der Waals surface area (Å²) in [5, 5.41) is 0. The van der Waals surface area contributed by atoms with Gasteiger partial charge in [-0.05, 0) is 32.0 Å². The molecule has 3 amide bonds. The van der Waals surface area contributed by atoms with Gasteiger partial charge in [0, 0.05) is 19.0 Å². The van der Waals surface area contributed by atoms with Gasteiger partial charge >= 0.3 is 28.3 Å². The Morgan fingerprint density at radius 3 is 2.48 bits per heavy atom. The number of hydrogen-bond donors (Lipinski definition) is 2. The number of carbonyl (C=O) groups is 3. The third kappa shape index (κ3) is 5.52. The predicted octanol–water partition coefficient (Wildman–Crippen LogP) is 2.68. The number of ether oxygens (including phenoxy) is 3. The first-order chi connectivity index (χ1) is 15.4. The fourth-order valence-electron chi connectivity index (χ4n) is 3.13. The average Bonchev–Trinajstić information content (AvgIpc) is 3.07. The second-order valence-electron chi connectivity index (χ2n) is 7.76. The standard InChI is InChI=1S/C21H23N3O8S/c1-21(2)12-13-8-7-11-16(17(13)32-21)31-20(27)24(3)19(26)23-33(28,29)22-15-10-6-5-9-14(15)18(25)30-4/h5-11,22H,12H2,1-4H3,(H,23,26). The average molecular weight is 477 g/mol. The highest BCUT2D eigenvalue weighted by atomic mass is 32.2. The number of benzene rings is 2. The number of nitrogens with zero attached hydrogens (tertiary/aromatic N) is 1. The number of urea groups is 1. The van der Waals surface area contributed by atoms with Crippen LogP contribution >= 0.6 is 0 Å². The molecular weight excluding hydrogens is 454 g/mol. The number of fused-ring (bicyclic) bond motifs is 1. The quantitative estimate of drug-likeness (QED) is 0.627. The molecule has 12 heteroatoms. The number of rotatable bonds is 5. The van der Waals surface area contributed by atoms with E-state index < -0.39 is 33.9 Å². The normalized spacial score (nSPS) is 13.8. The van der Waals surface area contributed by atoms with Crippen LogP contribution in [0.1, 0.15) is 29.8 Å². The van der Waals surface area contributed by atoms with Crippen LogP contribution in [-0.4, -0.2) is 51.2 Å². The predicted molar refractivity (Wildman–Crippen MR) is 117 cm³/mol. The molecule has 1 heterocycles. The van der Waals surface area contributed by atoms with Crippen molar-refractivity contribution in [2.45, 2.75) is 25.9 Å². The molecule has 33 heavy (non-hydrogen) atoms. The van der Waals surface area contributed by atoms with Gasteiger partial charge in [0.1, 0.15) is 5.60 Å². The Kier molecular flexibility index (Phi) is 6.49. The number of anilines is 1. The van der Waals surface area contributed by atoms with Gasteiger partial charge in [-0.1, -0.05) is 24.3 Å². The summed E-state index contributed by atoms with van der Waals surface area (Å²) in [6.07, 6.45) is -0.513. The molecule has 0 spiro atoms. The summed E-state index contributed by atoms with van der Waals surface area (Å²) in [6.45, 7) is 3.77. The third-order valence-electron chi connectivity index (χ3n) is 4.63. The van der Waals surface area contributed by atoms with Crippen molar-refractivity contribution in [1.29, 1.82) is 0 Å². The van der Waals surface area contributed by atoms with Gasteiger partial charge in [0.25, 0.3) is 0 Å². The van der Waals surface area contributed by atoms with Gasteiger partial charge in [-0.3, -0.25) is 4.72 Å². The van der Waals surface area contributed by atoms with E-state index in [-0.39, 0.29) is 17.0 Å². The Balaban J connectivity index is 1.68. The minimum atomic E-state index is -4.51. The molecule has 0 saturated carbocycles. The van der Waals surface area contributed by atoms with E-state index in [1.165, 1.54) is 30.3 Å². The van der Waals surface area contributed by atoms with Crippen molar-refractivity contribution in [2.24, 2.45) is 0 Å². The van der Waals surface area contributed by atoms with Crippen molar-refractivity contribution in [1.82, 2.24) is 9.62 Å². The van der Waals surface area contributed by atoms with Crippen molar-refractivity contribution >= 4 is 34.0 Å². The van der Waals surface area contributed by atoms with Gasteiger partial charge in [0.2, 0.25) is 0 Å². The van der Waals surface area contributed by atoms with E-state index in [0.29, 0.717) is 17.1 Å². The summed E-state index contributed by atoms with van der Waals surface area (Å²) in [6, 6.07) is 9.39. The maximum Gasteiger partial charge on any atom is 0.423 e. The van der Waals surface area contributed by atoms with Crippen LogP contribution in [0.5, 0.6) is 11.5 Å². The lowest BCUT2D eigenvalue weighted by molar-refractivity contribution is 0.0602. The van der Waals surface area contributed by atoms with Crippen molar-refractivity contribution in [3.63, 3.8) is 0 Å². The zero-order chi connectivity index (χ0) is 24.4. The highest BCUT2D eigenvalue weighted by Crippen LogP contribution is 2.41. The lowest BCUT2D eigenvalue weighted by atomic mass is 10.0. The number of para-hydroxylation sites is 2. The molecule has 0 saturated heterocycles. The summed E-state index contributed by atoms with van der Waals surface area (Å²) in [7, 11) is -2.32. The molecular formula is C21H23N3O8S. The molecule has 2 aromatic carbocycles. The Morgan fingerprint density at radius 1 is 1.09 bits per heavy atom. The molecule has 1 aliphatic rings. The van der Waals surface area contributed by atoms with Crippen molar-refractivity contribution in [2.75, 3.05) is 18.9 Å². The van der Waals surface area contributed by atoms with Crippen LogP contribution in [0.4, 0.5) is 15.3 Å². The molecule has 2 N–H and O–H groups in total. The first kappa shape index (κ1) is 23.9. The molecule has 176 valence electrons. The summed E-state index contributed by atoms with van der Waals surface area (Å²) in [5.74, 6) is -0.282. The molecule has 3 rings (SSSR count). The van der Waals surface area contributed by atoms with E-state index in [1.54, 1.807) is 10.8 Å². The van der Waals surface area contributed by atoms with Gasteiger partial charge in [-0.15, -0.1) is 0 Å². The molecule has 0 atom stereocenters. The van der Waals surface area contributed by atoms with Crippen LogP contribution in [0.3, 0.4) is 0 Å². The van der Waals surface area contributed by atoms with Crippen LogP contribution in [0, 0.1) is 0 Å². The highest BCUT2D eigenvalue weighted by molar-refractivity contribution is 7.91. The molecule has 2 aromatic rings. The topological polar surface area (TPSA) is 140 Å². The third-order valence-corrected chi connectivity index (χ3v) is 5.56. The first-order valence-electron chi connectivity index (χ1n) is 9.71. The fourth-order valence-corrected chi connectivity index (χ4v) is 4.01. The van der Waals surface area contributed by atoms with Crippen molar-refractivity contribution in [3.8, 4) is 11.5 Å². The molecule has 0 bridgehead atoms. The zero-order valence-electron chi connectivity index (χ0n) is 18.4. The maximum absolute atomic E-state index is 12.5. The van der Waals surface area contributed by atoms with Gasteiger partial charge in [-0.25, -0.2) is 24.0 Å². The summed E-state index contributed by atoms with van der Waals surface area (Å²) in [4.78, 5) is 37.1. The zero-order valence-corrected chi connectivity index (χ0v) is 19.2. The Morgan fingerprint density at radius 2 is 1.79 bits per heavy atom. The monoisotopic (exact) mass is 477 g/mol. The lowest BCUT2D eigenvalue weighted by Gasteiger charge is -2.19. The Hall–Kier alpha value is -3.80. The van der Waals surface area contributed by atoms with E-state index in [0.717, 1.165) is 19.7 Å². The second-order valence-corrected chi connectivity index (χ2v) is 9.17. The van der Waals surface area contributed by atoms with Gasteiger partial charge in [0.15, 0.2) is 11.5 Å². The smallest absolute Gasteiger partial charge is 0.423 e. The number of hydrogen-bond acceptors (Lipinski definition) is 8. The molecule has 0 fully saturated rings. The Bertz CT molecular complexity index is 1210. The van der Waals surface area contributed by atoms with E-state index in [4.69, 9.17) is 9.47 Å². The SMILES string of the molecule is COC(=O)c1ccccc1NS(=O)(=O)NC(=O)N(C)C(=O)Oc1cccc2c1OC(C)(C)C2. The van der Waals surface area contributed by atoms with Gasteiger partial charge in [0.05, 0.1) is 18.4 Å². The lowest BCUT2D eigenvalue weighted by Crippen LogP contribution is -2.46. The number of methoxy groups -OCH3 is 1. The summed E-state index contributed by atoms with van der Waals surface area (Å²) < 4.78 is 44.2. The molecule has 0 aliphatic carbocycles. The van der Waals surface area contributed by atoms with Gasteiger partial charge < -0.3 is 14.2 Å². The summed E-state index contributed by atoms with van der Waals surface area (Å²) >= 11 is 0. The highest BCUT2D eigenvalue weighted by Gasteiger charge is 2.33. The number of imide groups is 1. The van der Waals surface area contributed by atoms with Crippen LogP contribution < -0.4 is 18.9 Å².